The molecule has 1 saturated heterocycles. The number of nitrogens with one attached hydrogen (secondary N) is 2. The topological polar surface area (TPSA) is 105 Å². The van der Waals surface area contributed by atoms with Gasteiger partial charge in [-0.2, -0.15) is 0 Å². The summed E-state index contributed by atoms with van der Waals surface area (Å²) < 4.78 is 5.05. The van der Waals surface area contributed by atoms with Crippen molar-refractivity contribution in [2.45, 2.75) is 63.8 Å². The molecule has 8 heteroatoms. The molecule has 2 N–H and O–H groups in total. The third kappa shape index (κ3) is 3.48. The van der Waals surface area contributed by atoms with Crippen molar-refractivity contribution in [3.05, 3.63) is 0 Å². The summed E-state index contributed by atoms with van der Waals surface area (Å²) >= 11 is 0. The van der Waals surface area contributed by atoms with Crippen molar-refractivity contribution < 1.29 is 23.9 Å². The standard InChI is InChI=1S/C22H31N3O5/c1-21(16-2-3-16)19(28)25(20(29)24-21)10-18(27)30-11-17(26)23-12-22-7-13-4-14(8-22)6-15(5-13)9-22/h13-16H,2-12H2,1H3,(H,23,26)(H,24,29)/t13?,14?,15?,21-,22?/m1/s1. The molecule has 4 bridgehead atoms. The smallest absolute Gasteiger partial charge is 0.326 e. The Labute approximate surface area is 176 Å². The number of nitrogens with zero attached hydrogens (tertiary/aromatic N) is 1. The Morgan fingerprint density at radius 1 is 1.10 bits per heavy atom. The number of esters is 1. The molecule has 0 radical (unpaired) electrons. The van der Waals surface area contributed by atoms with Crippen LogP contribution in [0.3, 0.4) is 0 Å². The highest BCUT2D eigenvalue weighted by Crippen LogP contribution is 2.59. The van der Waals surface area contributed by atoms with Crippen molar-refractivity contribution >= 4 is 23.8 Å². The van der Waals surface area contributed by atoms with Crippen LogP contribution in [0.25, 0.3) is 0 Å². The maximum absolute atomic E-state index is 12.6. The van der Waals surface area contributed by atoms with Gasteiger partial charge >= 0.3 is 12.0 Å². The van der Waals surface area contributed by atoms with Crippen LogP contribution in [0.2, 0.25) is 0 Å². The van der Waals surface area contributed by atoms with Crippen LogP contribution in [0, 0.1) is 29.1 Å². The summed E-state index contributed by atoms with van der Waals surface area (Å²) in [7, 11) is 0. The maximum atomic E-state index is 12.6. The lowest BCUT2D eigenvalue weighted by atomic mass is 9.49. The first-order valence-electron chi connectivity index (χ1n) is 11.3. The van der Waals surface area contributed by atoms with Crippen molar-refractivity contribution in [2.24, 2.45) is 29.1 Å². The number of ether oxygens (including phenoxy) is 1. The number of imide groups is 1. The summed E-state index contributed by atoms with van der Waals surface area (Å²) in [4.78, 5) is 50.0. The quantitative estimate of drug-likeness (QED) is 0.483. The van der Waals surface area contributed by atoms with Gasteiger partial charge in [0.25, 0.3) is 11.8 Å². The number of carbonyl (C=O) groups is 4. The zero-order chi connectivity index (χ0) is 21.1. The monoisotopic (exact) mass is 417 g/mol. The van der Waals surface area contributed by atoms with E-state index in [1.54, 1.807) is 6.92 Å². The molecule has 0 aromatic carbocycles. The van der Waals surface area contributed by atoms with Gasteiger partial charge < -0.3 is 15.4 Å². The molecule has 6 rings (SSSR count). The van der Waals surface area contributed by atoms with Crippen LogP contribution in [0.5, 0.6) is 0 Å². The van der Waals surface area contributed by atoms with Gasteiger partial charge in [-0.25, -0.2) is 4.79 Å². The van der Waals surface area contributed by atoms with Crippen molar-refractivity contribution in [3.63, 3.8) is 0 Å². The van der Waals surface area contributed by atoms with Gasteiger partial charge in [0, 0.05) is 6.54 Å². The van der Waals surface area contributed by atoms with E-state index in [-0.39, 0.29) is 23.8 Å². The minimum absolute atomic E-state index is 0.130. The van der Waals surface area contributed by atoms with E-state index in [9.17, 15) is 19.2 Å². The molecule has 30 heavy (non-hydrogen) atoms. The minimum Gasteiger partial charge on any atom is -0.454 e. The van der Waals surface area contributed by atoms with Gasteiger partial charge in [-0.05, 0) is 87.4 Å². The van der Waals surface area contributed by atoms with E-state index < -0.39 is 30.0 Å². The van der Waals surface area contributed by atoms with E-state index in [0.29, 0.717) is 6.54 Å². The van der Waals surface area contributed by atoms with Crippen LogP contribution >= 0.6 is 0 Å². The molecule has 6 aliphatic rings. The molecule has 5 aliphatic carbocycles. The summed E-state index contributed by atoms with van der Waals surface area (Å²) in [5.41, 5.74) is -0.700. The zero-order valence-corrected chi connectivity index (χ0v) is 17.6. The molecule has 164 valence electrons. The molecule has 0 aromatic heterocycles. The van der Waals surface area contributed by atoms with E-state index in [1.807, 2.05) is 0 Å². The summed E-state index contributed by atoms with van der Waals surface area (Å²) in [6.45, 7) is 1.51. The zero-order valence-electron chi connectivity index (χ0n) is 17.6. The lowest BCUT2D eigenvalue weighted by Gasteiger charge is -2.56. The van der Waals surface area contributed by atoms with E-state index in [1.165, 1.54) is 38.5 Å². The molecule has 1 atom stereocenters. The first-order valence-corrected chi connectivity index (χ1v) is 11.3. The number of amides is 4. The van der Waals surface area contributed by atoms with Crippen LogP contribution in [-0.2, 0) is 19.1 Å². The van der Waals surface area contributed by atoms with Crippen molar-refractivity contribution in [1.82, 2.24) is 15.5 Å². The van der Waals surface area contributed by atoms with Gasteiger partial charge in [0.05, 0.1) is 0 Å². The summed E-state index contributed by atoms with van der Waals surface area (Å²) in [6.07, 6.45) is 9.45. The molecule has 6 fully saturated rings. The van der Waals surface area contributed by atoms with E-state index in [2.05, 4.69) is 10.6 Å². The van der Waals surface area contributed by atoms with Crippen LogP contribution in [0.1, 0.15) is 58.3 Å². The van der Waals surface area contributed by atoms with Crippen LogP contribution in [-0.4, -0.2) is 54.0 Å². The Kier molecular flexibility index (Phi) is 4.59. The molecule has 1 aliphatic heterocycles. The van der Waals surface area contributed by atoms with Crippen molar-refractivity contribution in [1.29, 1.82) is 0 Å². The third-order valence-electron chi connectivity index (χ3n) is 8.17. The molecular weight excluding hydrogens is 386 g/mol. The van der Waals surface area contributed by atoms with Crippen LogP contribution in [0.15, 0.2) is 0 Å². The fourth-order valence-corrected chi connectivity index (χ4v) is 6.96. The maximum Gasteiger partial charge on any atom is 0.326 e. The fourth-order valence-electron chi connectivity index (χ4n) is 6.96. The molecule has 5 saturated carbocycles. The first-order chi connectivity index (χ1) is 14.3. The average Bonchev–Trinajstić information content (AvgIpc) is 3.50. The average molecular weight is 418 g/mol. The Morgan fingerprint density at radius 3 is 2.27 bits per heavy atom. The predicted octanol–water partition coefficient (Wildman–Crippen LogP) is 1.58. The van der Waals surface area contributed by atoms with Gasteiger partial charge in [-0.1, -0.05) is 0 Å². The highest BCUT2D eigenvalue weighted by Gasteiger charge is 2.56. The molecular formula is C22H31N3O5. The largest absolute Gasteiger partial charge is 0.454 e. The fraction of sp³-hybridized carbons (Fsp3) is 0.818. The van der Waals surface area contributed by atoms with Crippen molar-refractivity contribution in [3.8, 4) is 0 Å². The lowest BCUT2D eigenvalue weighted by Crippen LogP contribution is -2.51. The number of rotatable bonds is 7. The number of hydrogen-bond donors (Lipinski definition) is 2. The first kappa shape index (κ1) is 19.8. The second-order valence-corrected chi connectivity index (χ2v) is 10.7. The highest BCUT2D eigenvalue weighted by atomic mass is 16.5. The van der Waals surface area contributed by atoms with E-state index in [4.69, 9.17) is 4.74 Å². The normalized spacial score (nSPS) is 39.2. The Hall–Kier alpha value is -2.12. The van der Waals surface area contributed by atoms with Gasteiger partial charge in [0.1, 0.15) is 12.1 Å². The highest BCUT2D eigenvalue weighted by molar-refractivity contribution is 6.08. The van der Waals surface area contributed by atoms with E-state index >= 15 is 0 Å². The third-order valence-corrected chi connectivity index (χ3v) is 8.17. The Morgan fingerprint density at radius 2 is 1.70 bits per heavy atom. The van der Waals surface area contributed by atoms with Crippen LogP contribution < -0.4 is 10.6 Å². The minimum atomic E-state index is -0.924. The number of hydrogen-bond acceptors (Lipinski definition) is 5. The lowest BCUT2D eigenvalue weighted by molar-refractivity contribution is -0.151. The predicted molar refractivity (Wildman–Crippen MR) is 106 cm³/mol. The van der Waals surface area contributed by atoms with Gasteiger partial charge in [-0.3, -0.25) is 19.3 Å². The molecule has 1 heterocycles. The Balaban J connectivity index is 1.07. The Bertz CT molecular complexity index is 756. The molecule has 4 amide bonds. The van der Waals surface area contributed by atoms with Gasteiger partial charge in [-0.15, -0.1) is 0 Å². The number of carbonyl (C=O) groups excluding carboxylic acids is 4. The summed E-state index contributed by atoms with van der Waals surface area (Å²) in [5.74, 6) is 1.12. The van der Waals surface area contributed by atoms with Crippen molar-refractivity contribution in [2.75, 3.05) is 19.7 Å². The van der Waals surface area contributed by atoms with Crippen LogP contribution in [0.4, 0.5) is 4.79 Å². The SMILES string of the molecule is C[C@]1(C2CC2)NC(=O)N(CC(=O)OCC(=O)NCC23CC4CC(CC(C4)C2)C3)C1=O. The molecule has 0 aromatic rings. The molecule has 0 spiro atoms. The molecule has 8 nitrogen and oxygen atoms in total. The second kappa shape index (κ2) is 6.95. The van der Waals surface area contributed by atoms with E-state index in [0.717, 1.165) is 35.5 Å². The second-order valence-electron chi connectivity index (χ2n) is 10.7. The molecule has 0 unspecified atom stereocenters. The van der Waals surface area contributed by atoms with Gasteiger partial charge in [0.15, 0.2) is 6.61 Å². The summed E-state index contributed by atoms with van der Waals surface area (Å²) in [6, 6.07) is -0.572. The van der Waals surface area contributed by atoms with Gasteiger partial charge in [0.2, 0.25) is 0 Å². The number of urea groups is 1. The summed E-state index contributed by atoms with van der Waals surface area (Å²) in [5, 5.41) is 5.66.